The van der Waals surface area contributed by atoms with Crippen molar-refractivity contribution >= 4 is 22.5 Å². The Morgan fingerprint density at radius 1 is 1.17 bits per heavy atom. The molecule has 4 rings (SSSR count). The number of amides is 1. The lowest BCUT2D eigenvalue weighted by atomic mass is 10.0. The van der Waals surface area contributed by atoms with Crippen molar-refractivity contribution in [1.29, 1.82) is 0 Å². The Hall–Kier alpha value is -3.06. The number of benzene rings is 2. The third-order valence-corrected chi connectivity index (χ3v) is 5.34. The molecule has 150 valence electrons. The van der Waals surface area contributed by atoms with Gasteiger partial charge in [0.1, 0.15) is 11.6 Å². The van der Waals surface area contributed by atoms with Gasteiger partial charge in [-0.2, -0.15) is 0 Å². The van der Waals surface area contributed by atoms with Gasteiger partial charge in [0.05, 0.1) is 17.4 Å². The van der Waals surface area contributed by atoms with Crippen molar-refractivity contribution in [2.45, 2.75) is 26.8 Å². The first-order valence-electron chi connectivity index (χ1n) is 9.44. The van der Waals surface area contributed by atoms with Crippen LogP contribution in [-0.4, -0.2) is 28.9 Å². The van der Waals surface area contributed by atoms with Crippen LogP contribution in [0.2, 0.25) is 0 Å². The summed E-state index contributed by atoms with van der Waals surface area (Å²) in [7, 11) is 0. The van der Waals surface area contributed by atoms with E-state index in [1.54, 1.807) is 0 Å². The van der Waals surface area contributed by atoms with Crippen LogP contribution in [0.5, 0.6) is 0 Å². The Morgan fingerprint density at radius 3 is 2.72 bits per heavy atom. The van der Waals surface area contributed by atoms with E-state index in [9.17, 15) is 18.4 Å². The number of pyridine rings is 1. The number of carbonyl (C=O) groups is 1. The lowest BCUT2D eigenvalue weighted by Gasteiger charge is -2.28. The summed E-state index contributed by atoms with van der Waals surface area (Å²) in [6.45, 7) is 4.72. The molecule has 0 radical (unpaired) electrons. The fourth-order valence-electron chi connectivity index (χ4n) is 3.76. The molecule has 1 aromatic heterocycles. The number of halogens is 2. The molecule has 0 fully saturated rings. The van der Waals surface area contributed by atoms with Gasteiger partial charge in [-0.05, 0) is 43.2 Å². The number of rotatable bonds is 3. The molecule has 0 saturated heterocycles. The van der Waals surface area contributed by atoms with Crippen LogP contribution in [-0.2, 0) is 17.8 Å². The molecule has 1 amide bonds. The van der Waals surface area contributed by atoms with Gasteiger partial charge in [0.15, 0.2) is 5.43 Å². The molecule has 0 atom stereocenters. The van der Waals surface area contributed by atoms with Gasteiger partial charge in [0, 0.05) is 36.5 Å². The highest BCUT2D eigenvalue weighted by molar-refractivity contribution is 5.93. The van der Waals surface area contributed by atoms with Crippen molar-refractivity contribution in [2.75, 3.05) is 18.4 Å². The van der Waals surface area contributed by atoms with E-state index in [-0.39, 0.29) is 29.9 Å². The lowest BCUT2D eigenvalue weighted by Crippen LogP contribution is -2.39. The Bertz CT molecular complexity index is 1190. The molecule has 0 spiro atoms. The van der Waals surface area contributed by atoms with Crippen LogP contribution in [0.3, 0.4) is 0 Å². The fraction of sp³-hybridized carbons (Fsp3) is 0.273. The predicted molar refractivity (Wildman–Crippen MR) is 108 cm³/mol. The maximum Gasteiger partial charge on any atom is 0.238 e. The van der Waals surface area contributed by atoms with Crippen LogP contribution in [0.4, 0.5) is 14.5 Å². The molecular weight excluding hydrogens is 376 g/mol. The van der Waals surface area contributed by atoms with Crippen LogP contribution in [0.25, 0.3) is 10.9 Å². The Balaban J connectivity index is 1.56. The monoisotopic (exact) mass is 397 g/mol. The summed E-state index contributed by atoms with van der Waals surface area (Å²) in [5.41, 5.74) is 3.12. The summed E-state index contributed by atoms with van der Waals surface area (Å²) in [5, 5.41) is 2.63. The standard InChI is InChI=1S/C22H21F2N3O2/c1-12-3-4-13(2)18(9-12)25-19(28)11-27-8-7-17-14(10-27)22(29)20-15(23)5-6-16(24)21(20)26-17/h3-6,9H,7-8,10-11H2,1-2H3,(H,25,28)(H,26,29). The number of hydrogen-bond donors (Lipinski definition) is 2. The number of anilines is 1. The summed E-state index contributed by atoms with van der Waals surface area (Å²) in [6.07, 6.45) is 0.452. The second-order valence-corrected chi connectivity index (χ2v) is 7.52. The molecule has 29 heavy (non-hydrogen) atoms. The molecule has 2 N–H and O–H groups in total. The van der Waals surface area contributed by atoms with Crippen LogP contribution in [0, 0.1) is 25.5 Å². The van der Waals surface area contributed by atoms with Crippen molar-refractivity contribution in [3.05, 3.63) is 74.6 Å². The highest BCUT2D eigenvalue weighted by atomic mass is 19.1. The number of H-pyrrole nitrogens is 1. The van der Waals surface area contributed by atoms with Crippen molar-refractivity contribution in [3.8, 4) is 0 Å². The van der Waals surface area contributed by atoms with Gasteiger partial charge >= 0.3 is 0 Å². The van der Waals surface area contributed by atoms with Gasteiger partial charge in [-0.15, -0.1) is 0 Å². The van der Waals surface area contributed by atoms with Gasteiger partial charge in [0.25, 0.3) is 0 Å². The SMILES string of the molecule is Cc1ccc(C)c(NC(=O)CN2CCc3[nH]c4c(F)ccc(F)c4c(=O)c3C2)c1. The summed E-state index contributed by atoms with van der Waals surface area (Å²) in [5.74, 6) is -1.59. The molecule has 2 heterocycles. The van der Waals surface area contributed by atoms with Crippen LogP contribution >= 0.6 is 0 Å². The van der Waals surface area contributed by atoms with E-state index in [0.717, 1.165) is 28.9 Å². The average Bonchev–Trinajstić information content (AvgIpc) is 2.68. The van der Waals surface area contributed by atoms with Crippen LogP contribution in [0.1, 0.15) is 22.4 Å². The number of hydrogen-bond acceptors (Lipinski definition) is 3. The summed E-state index contributed by atoms with van der Waals surface area (Å²) in [6, 6.07) is 7.79. The van der Waals surface area contributed by atoms with Gasteiger partial charge in [-0.1, -0.05) is 12.1 Å². The lowest BCUT2D eigenvalue weighted by molar-refractivity contribution is -0.117. The smallest absolute Gasteiger partial charge is 0.238 e. The minimum absolute atomic E-state index is 0.102. The Morgan fingerprint density at radius 2 is 1.93 bits per heavy atom. The van der Waals surface area contributed by atoms with Crippen molar-refractivity contribution in [1.82, 2.24) is 9.88 Å². The molecule has 0 aliphatic carbocycles. The third kappa shape index (κ3) is 3.65. The highest BCUT2D eigenvalue weighted by Crippen LogP contribution is 2.22. The van der Waals surface area contributed by atoms with Gasteiger partial charge < -0.3 is 10.3 Å². The molecule has 1 aliphatic rings. The largest absolute Gasteiger partial charge is 0.355 e. The quantitative estimate of drug-likeness (QED) is 0.712. The molecule has 5 nitrogen and oxygen atoms in total. The molecule has 2 aromatic carbocycles. The molecule has 3 aromatic rings. The number of aromatic nitrogens is 1. The Labute approximate surface area is 166 Å². The summed E-state index contributed by atoms with van der Waals surface area (Å²) in [4.78, 5) is 30.0. The van der Waals surface area contributed by atoms with E-state index >= 15 is 0 Å². The van der Waals surface area contributed by atoms with Crippen molar-refractivity contribution < 1.29 is 13.6 Å². The first kappa shape index (κ1) is 19.3. The molecule has 0 bridgehead atoms. The molecular formula is C22H21F2N3O2. The molecule has 1 aliphatic heterocycles. The minimum atomic E-state index is -0.754. The van der Waals surface area contributed by atoms with Crippen molar-refractivity contribution in [2.24, 2.45) is 0 Å². The van der Waals surface area contributed by atoms with E-state index in [1.165, 1.54) is 0 Å². The van der Waals surface area contributed by atoms with E-state index in [4.69, 9.17) is 0 Å². The maximum atomic E-state index is 14.2. The zero-order valence-electron chi connectivity index (χ0n) is 16.2. The number of carbonyl (C=O) groups excluding carboxylic acids is 1. The number of fused-ring (bicyclic) bond motifs is 2. The Kier molecular flexibility index (Phi) is 4.92. The van der Waals surface area contributed by atoms with E-state index < -0.39 is 17.1 Å². The highest BCUT2D eigenvalue weighted by Gasteiger charge is 2.24. The molecule has 0 saturated carbocycles. The maximum absolute atomic E-state index is 14.2. The van der Waals surface area contributed by atoms with E-state index in [0.29, 0.717) is 24.2 Å². The summed E-state index contributed by atoms with van der Waals surface area (Å²) >= 11 is 0. The zero-order valence-corrected chi connectivity index (χ0v) is 16.2. The zero-order chi connectivity index (χ0) is 20.7. The minimum Gasteiger partial charge on any atom is -0.355 e. The second kappa shape index (κ2) is 7.40. The topological polar surface area (TPSA) is 65.2 Å². The van der Waals surface area contributed by atoms with E-state index in [2.05, 4.69) is 10.3 Å². The van der Waals surface area contributed by atoms with Crippen LogP contribution in [0.15, 0.2) is 35.1 Å². The van der Waals surface area contributed by atoms with Gasteiger partial charge in [-0.3, -0.25) is 14.5 Å². The molecule has 0 unspecified atom stereocenters. The van der Waals surface area contributed by atoms with Gasteiger partial charge in [-0.25, -0.2) is 8.78 Å². The molecule has 7 heteroatoms. The van der Waals surface area contributed by atoms with Crippen LogP contribution < -0.4 is 10.7 Å². The number of nitrogens with zero attached hydrogens (tertiary/aromatic N) is 1. The summed E-state index contributed by atoms with van der Waals surface area (Å²) < 4.78 is 28.2. The number of aryl methyl sites for hydroxylation is 2. The van der Waals surface area contributed by atoms with Crippen molar-refractivity contribution in [3.63, 3.8) is 0 Å². The predicted octanol–water partition coefficient (Wildman–Crippen LogP) is 3.42. The number of nitrogens with one attached hydrogen (secondary N) is 2. The fourth-order valence-corrected chi connectivity index (χ4v) is 3.76. The van der Waals surface area contributed by atoms with Gasteiger partial charge in [0.2, 0.25) is 5.91 Å². The second-order valence-electron chi connectivity index (χ2n) is 7.52. The third-order valence-electron chi connectivity index (χ3n) is 5.34. The van der Waals surface area contributed by atoms with E-state index in [1.807, 2.05) is 36.9 Å². The normalized spacial score (nSPS) is 14.1. The number of aromatic amines is 1. The first-order valence-corrected chi connectivity index (χ1v) is 9.44. The average molecular weight is 397 g/mol. The first-order chi connectivity index (χ1) is 13.8.